The van der Waals surface area contributed by atoms with Crippen molar-refractivity contribution in [1.82, 2.24) is 5.43 Å². The Labute approximate surface area is 115 Å². The Morgan fingerprint density at radius 1 is 1.37 bits per heavy atom. The molecule has 0 atom stereocenters. The maximum atomic E-state index is 11.9. The molecule has 0 saturated heterocycles. The molecule has 0 bridgehead atoms. The van der Waals surface area contributed by atoms with Crippen LogP contribution >= 0.6 is 11.3 Å². The highest BCUT2D eigenvalue weighted by molar-refractivity contribution is 7.12. The zero-order valence-corrected chi connectivity index (χ0v) is 11.3. The van der Waals surface area contributed by atoms with E-state index in [2.05, 4.69) is 10.5 Å². The molecule has 0 radical (unpaired) electrons. The van der Waals surface area contributed by atoms with Gasteiger partial charge >= 0.3 is 0 Å². The molecule has 0 aliphatic heterocycles. The average Bonchev–Trinajstić information content (AvgIpc) is 2.93. The van der Waals surface area contributed by atoms with Crippen molar-refractivity contribution in [1.29, 1.82) is 0 Å². The first-order chi connectivity index (χ1) is 9.20. The van der Waals surface area contributed by atoms with Gasteiger partial charge in [-0.15, -0.1) is 11.3 Å². The molecule has 0 unspecified atom stereocenters. The van der Waals surface area contributed by atoms with E-state index in [1.54, 1.807) is 23.5 Å². The second kappa shape index (κ2) is 6.15. The number of hydrogen-bond acceptors (Lipinski definition) is 4. The molecule has 19 heavy (non-hydrogen) atoms. The van der Waals surface area contributed by atoms with Crippen molar-refractivity contribution in [3.63, 3.8) is 0 Å². The summed E-state index contributed by atoms with van der Waals surface area (Å²) in [6.45, 7) is 1.99. The quantitative estimate of drug-likeness (QED) is 0.665. The Kier molecular flexibility index (Phi) is 4.30. The molecule has 2 aromatic rings. The lowest BCUT2D eigenvalue weighted by atomic mass is 10.2. The summed E-state index contributed by atoms with van der Waals surface area (Å²) in [5.41, 5.74) is 3.73. The minimum absolute atomic E-state index is 0.0607. The zero-order chi connectivity index (χ0) is 13.7. The number of nitrogens with one attached hydrogen (secondary N) is 1. The largest absolute Gasteiger partial charge is 0.508 e. The van der Waals surface area contributed by atoms with Crippen LogP contribution in [0.25, 0.3) is 0 Å². The Morgan fingerprint density at radius 2 is 2.21 bits per heavy atom. The van der Waals surface area contributed by atoms with Crippen molar-refractivity contribution in [2.75, 3.05) is 0 Å². The first-order valence-corrected chi connectivity index (χ1v) is 6.78. The molecule has 4 nitrogen and oxygen atoms in total. The van der Waals surface area contributed by atoms with Gasteiger partial charge in [0.25, 0.3) is 5.91 Å². The highest BCUT2D eigenvalue weighted by atomic mass is 32.1. The Balaban J connectivity index is 2.11. The summed E-state index contributed by atoms with van der Waals surface area (Å²) in [4.78, 5) is 12.9. The fourth-order valence-electron chi connectivity index (χ4n) is 1.58. The van der Waals surface area contributed by atoms with Crippen molar-refractivity contribution in [2.45, 2.75) is 13.3 Å². The van der Waals surface area contributed by atoms with Gasteiger partial charge in [-0.25, -0.2) is 5.43 Å². The zero-order valence-electron chi connectivity index (χ0n) is 10.5. The summed E-state index contributed by atoms with van der Waals surface area (Å²) in [5, 5.41) is 15.4. The van der Waals surface area contributed by atoms with Crippen LogP contribution in [0.5, 0.6) is 5.75 Å². The molecule has 0 saturated carbocycles. The number of aromatic hydroxyl groups is 1. The summed E-state index contributed by atoms with van der Waals surface area (Å²) in [5.74, 6) is -0.274. The Bertz CT molecular complexity index is 591. The van der Waals surface area contributed by atoms with E-state index in [0.717, 1.165) is 17.0 Å². The van der Waals surface area contributed by atoms with Gasteiger partial charge in [-0.2, -0.15) is 5.10 Å². The molecule has 98 valence electrons. The number of nitrogens with zero attached hydrogens (tertiary/aromatic N) is 1. The van der Waals surface area contributed by atoms with Gasteiger partial charge in [-0.05, 0) is 36.1 Å². The molecule has 0 spiro atoms. The third-order valence-corrected chi connectivity index (χ3v) is 3.46. The Morgan fingerprint density at radius 3 is 2.84 bits per heavy atom. The first kappa shape index (κ1) is 13.3. The number of benzene rings is 1. The molecular weight excluding hydrogens is 260 g/mol. The number of carbonyl (C=O) groups is 1. The van der Waals surface area contributed by atoms with Gasteiger partial charge in [-0.3, -0.25) is 4.79 Å². The number of phenolic OH excluding ortho intramolecular Hbond substituents is 1. The van der Waals surface area contributed by atoms with Gasteiger partial charge < -0.3 is 5.11 Å². The van der Waals surface area contributed by atoms with Crippen LogP contribution < -0.4 is 5.43 Å². The lowest BCUT2D eigenvalue weighted by Crippen LogP contribution is -2.19. The number of thiophene rings is 1. The van der Waals surface area contributed by atoms with Crippen LogP contribution in [0, 0.1) is 0 Å². The molecule has 1 aromatic heterocycles. The van der Waals surface area contributed by atoms with Crippen LogP contribution in [0.15, 0.2) is 46.9 Å². The number of hydrazone groups is 1. The van der Waals surface area contributed by atoms with E-state index in [0.29, 0.717) is 5.56 Å². The topological polar surface area (TPSA) is 61.7 Å². The summed E-state index contributed by atoms with van der Waals surface area (Å²) in [6, 6.07) is 10.1. The lowest BCUT2D eigenvalue weighted by molar-refractivity contribution is 0.0954. The highest BCUT2D eigenvalue weighted by Gasteiger charge is 2.07. The van der Waals surface area contributed by atoms with Crippen molar-refractivity contribution in [3.8, 4) is 5.75 Å². The number of amides is 1. The summed E-state index contributed by atoms with van der Waals surface area (Å²) in [7, 11) is 0. The van der Waals surface area contributed by atoms with Crippen molar-refractivity contribution < 1.29 is 9.90 Å². The maximum Gasteiger partial charge on any atom is 0.271 e. The molecular formula is C14H14N2O2S. The highest BCUT2D eigenvalue weighted by Crippen LogP contribution is 2.13. The molecule has 1 aromatic carbocycles. The fourth-order valence-corrected chi connectivity index (χ4v) is 2.37. The van der Waals surface area contributed by atoms with Crippen molar-refractivity contribution in [2.24, 2.45) is 5.10 Å². The van der Waals surface area contributed by atoms with E-state index >= 15 is 0 Å². The number of carbonyl (C=O) groups excluding carboxylic acids is 1. The van der Waals surface area contributed by atoms with Crippen LogP contribution in [-0.4, -0.2) is 16.7 Å². The van der Waals surface area contributed by atoms with E-state index < -0.39 is 0 Å². The Hall–Kier alpha value is -2.14. The van der Waals surface area contributed by atoms with Gasteiger partial charge in [0.1, 0.15) is 5.75 Å². The number of phenols is 1. The minimum atomic E-state index is -0.335. The molecule has 0 aliphatic carbocycles. The number of hydrogen-bond donors (Lipinski definition) is 2. The normalized spacial score (nSPS) is 11.3. The first-order valence-electron chi connectivity index (χ1n) is 5.90. The van der Waals surface area contributed by atoms with Gasteiger partial charge in [0.15, 0.2) is 0 Å². The molecule has 1 heterocycles. The monoisotopic (exact) mass is 274 g/mol. The summed E-state index contributed by atoms with van der Waals surface area (Å²) in [6.07, 6.45) is 0.737. The fraction of sp³-hybridized carbons (Fsp3) is 0.143. The second-order valence-electron chi connectivity index (χ2n) is 3.88. The van der Waals surface area contributed by atoms with Crippen LogP contribution in [0.1, 0.15) is 28.6 Å². The van der Waals surface area contributed by atoms with E-state index in [9.17, 15) is 9.90 Å². The van der Waals surface area contributed by atoms with Gasteiger partial charge in [0.05, 0.1) is 10.6 Å². The van der Waals surface area contributed by atoms with E-state index in [1.165, 1.54) is 12.1 Å². The second-order valence-corrected chi connectivity index (χ2v) is 4.83. The number of rotatable bonds is 4. The van der Waals surface area contributed by atoms with Crippen LogP contribution in [0.2, 0.25) is 0 Å². The third-order valence-electron chi connectivity index (χ3n) is 2.54. The SMILES string of the molecule is CC/C(=N/NC(=O)c1cccc(O)c1)c1cccs1. The predicted molar refractivity (Wildman–Crippen MR) is 76.7 cm³/mol. The van der Waals surface area contributed by atoms with Crippen LogP contribution in [-0.2, 0) is 0 Å². The standard InChI is InChI=1S/C14H14N2O2S/c1-2-12(13-7-4-8-19-13)15-16-14(18)10-5-3-6-11(17)9-10/h3-9,17H,2H2,1H3,(H,16,18)/b15-12-. The molecule has 0 fully saturated rings. The molecule has 0 aliphatic rings. The lowest BCUT2D eigenvalue weighted by Gasteiger charge is -2.03. The minimum Gasteiger partial charge on any atom is -0.508 e. The summed E-state index contributed by atoms with van der Waals surface area (Å²) >= 11 is 1.58. The van der Waals surface area contributed by atoms with Gasteiger partial charge in [0, 0.05) is 5.56 Å². The molecule has 5 heteroatoms. The molecule has 2 N–H and O–H groups in total. The molecule has 2 rings (SSSR count). The maximum absolute atomic E-state index is 11.9. The van der Waals surface area contributed by atoms with E-state index in [4.69, 9.17) is 0 Å². The molecule has 1 amide bonds. The average molecular weight is 274 g/mol. The van der Waals surface area contributed by atoms with Crippen LogP contribution in [0.3, 0.4) is 0 Å². The van der Waals surface area contributed by atoms with Crippen LogP contribution in [0.4, 0.5) is 0 Å². The van der Waals surface area contributed by atoms with E-state index in [-0.39, 0.29) is 11.7 Å². The smallest absolute Gasteiger partial charge is 0.271 e. The van der Waals surface area contributed by atoms with Crippen molar-refractivity contribution in [3.05, 3.63) is 52.2 Å². The van der Waals surface area contributed by atoms with Gasteiger partial charge in [-0.1, -0.05) is 19.1 Å². The third kappa shape index (κ3) is 3.42. The van der Waals surface area contributed by atoms with E-state index in [1.807, 2.05) is 24.4 Å². The van der Waals surface area contributed by atoms with Crippen molar-refractivity contribution >= 4 is 23.0 Å². The summed E-state index contributed by atoms with van der Waals surface area (Å²) < 4.78 is 0. The van der Waals surface area contributed by atoms with Gasteiger partial charge in [0.2, 0.25) is 0 Å². The predicted octanol–water partition coefficient (Wildman–Crippen LogP) is 3.00.